The molecule has 0 bridgehead atoms. The first kappa shape index (κ1) is 15.0. The minimum Gasteiger partial charge on any atom is -0.384 e. The highest BCUT2D eigenvalue weighted by Crippen LogP contribution is 2.15. The summed E-state index contributed by atoms with van der Waals surface area (Å²) < 4.78 is 1.57. The Balaban J connectivity index is 2.48. The molecule has 0 radical (unpaired) electrons. The second-order valence-corrected chi connectivity index (χ2v) is 5.39. The Morgan fingerprint density at radius 2 is 2.14 bits per heavy atom. The number of H-pyrrole nitrogens is 1. The van der Waals surface area contributed by atoms with Gasteiger partial charge in [0.05, 0.1) is 6.54 Å². The fourth-order valence-electron chi connectivity index (χ4n) is 2.51. The van der Waals surface area contributed by atoms with Gasteiger partial charge >= 0.3 is 5.69 Å². The molecule has 0 saturated heterocycles. The van der Waals surface area contributed by atoms with Crippen LogP contribution in [0, 0.1) is 6.92 Å². The molecule has 1 aliphatic rings. The number of aliphatic imine (C=N–C) groups is 1. The van der Waals surface area contributed by atoms with E-state index >= 15 is 0 Å². The SMILES string of the molecule is Cc1c(C(C)C)c(=O)[nH]c(=O)n1CC1=CCC=NC(N)=C1. The lowest BCUT2D eigenvalue weighted by Gasteiger charge is -2.15. The van der Waals surface area contributed by atoms with Crippen molar-refractivity contribution in [2.75, 3.05) is 0 Å². The van der Waals surface area contributed by atoms with E-state index in [4.69, 9.17) is 5.73 Å². The van der Waals surface area contributed by atoms with Crippen molar-refractivity contribution < 1.29 is 0 Å². The van der Waals surface area contributed by atoms with E-state index in [9.17, 15) is 9.59 Å². The van der Waals surface area contributed by atoms with Crippen molar-refractivity contribution in [3.05, 3.63) is 55.6 Å². The molecule has 2 rings (SSSR count). The predicted octanol–water partition coefficient (Wildman–Crippen LogP) is 1.17. The molecule has 1 aliphatic heterocycles. The van der Waals surface area contributed by atoms with Crippen LogP contribution in [0.4, 0.5) is 0 Å². The van der Waals surface area contributed by atoms with Gasteiger partial charge in [-0.1, -0.05) is 19.9 Å². The summed E-state index contributed by atoms with van der Waals surface area (Å²) in [4.78, 5) is 30.4. The van der Waals surface area contributed by atoms with Gasteiger partial charge in [-0.2, -0.15) is 0 Å². The molecule has 0 aliphatic carbocycles. The molecular formula is C15H20N4O2. The summed E-state index contributed by atoms with van der Waals surface area (Å²) in [5.41, 5.74) is 7.25. The second kappa shape index (κ2) is 5.95. The molecule has 21 heavy (non-hydrogen) atoms. The van der Waals surface area contributed by atoms with E-state index in [1.54, 1.807) is 23.8 Å². The monoisotopic (exact) mass is 288 g/mol. The number of allylic oxidation sites excluding steroid dienone is 3. The van der Waals surface area contributed by atoms with Gasteiger partial charge in [0.2, 0.25) is 0 Å². The second-order valence-electron chi connectivity index (χ2n) is 5.39. The maximum absolute atomic E-state index is 12.1. The Bertz CT molecular complexity index is 748. The quantitative estimate of drug-likeness (QED) is 0.874. The Morgan fingerprint density at radius 1 is 1.43 bits per heavy atom. The smallest absolute Gasteiger partial charge is 0.328 e. The molecule has 6 heteroatoms. The third-order valence-electron chi connectivity index (χ3n) is 3.48. The fourth-order valence-corrected chi connectivity index (χ4v) is 2.51. The summed E-state index contributed by atoms with van der Waals surface area (Å²) >= 11 is 0. The molecule has 0 aromatic carbocycles. The first-order valence-electron chi connectivity index (χ1n) is 6.92. The molecule has 112 valence electrons. The van der Waals surface area contributed by atoms with E-state index in [0.29, 0.717) is 30.0 Å². The van der Waals surface area contributed by atoms with Crippen LogP contribution in [0.3, 0.4) is 0 Å². The lowest BCUT2D eigenvalue weighted by atomic mass is 10.0. The van der Waals surface area contributed by atoms with Crippen molar-refractivity contribution in [3.63, 3.8) is 0 Å². The first-order valence-corrected chi connectivity index (χ1v) is 6.92. The molecule has 1 aromatic rings. The number of aromatic amines is 1. The Labute approximate surface area is 122 Å². The Kier molecular flexibility index (Phi) is 4.26. The standard InChI is InChI=1S/C15H20N4O2/c1-9(2)13-10(3)19(15(21)18-14(13)20)8-11-5-4-6-17-12(16)7-11/h5-7,9H,4,8,16H2,1-3H3,(H,18,20,21). The van der Waals surface area contributed by atoms with Crippen molar-refractivity contribution in [1.82, 2.24) is 9.55 Å². The van der Waals surface area contributed by atoms with Crippen LogP contribution >= 0.6 is 0 Å². The van der Waals surface area contributed by atoms with E-state index in [2.05, 4.69) is 9.98 Å². The minimum atomic E-state index is -0.403. The molecule has 0 unspecified atom stereocenters. The summed E-state index contributed by atoms with van der Waals surface area (Å²) in [5, 5.41) is 0. The fraction of sp³-hybridized carbons (Fsp3) is 0.400. The maximum Gasteiger partial charge on any atom is 0.328 e. The minimum absolute atomic E-state index is 0.0488. The highest BCUT2D eigenvalue weighted by atomic mass is 16.2. The number of nitrogens with zero attached hydrogens (tertiary/aromatic N) is 2. The molecule has 0 saturated carbocycles. The van der Waals surface area contributed by atoms with Gasteiger partial charge in [0, 0.05) is 23.9 Å². The van der Waals surface area contributed by atoms with Gasteiger partial charge in [-0.25, -0.2) is 9.79 Å². The number of hydrogen-bond donors (Lipinski definition) is 2. The van der Waals surface area contributed by atoms with E-state index in [1.807, 2.05) is 19.9 Å². The average Bonchev–Trinajstić information content (AvgIpc) is 2.58. The van der Waals surface area contributed by atoms with Gasteiger partial charge in [0.1, 0.15) is 5.82 Å². The van der Waals surface area contributed by atoms with Gasteiger partial charge in [0.25, 0.3) is 5.56 Å². The molecule has 0 fully saturated rings. The number of nitrogens with one attached hydrogen (secondary N) is 1. The molecule has 0 atom stereocenters. The average molecular weight is 288 g/mol. The first-order chi connectivity index (χ1) is 9.90. The summed E-state index contributed by atoms with van der Waals surface area (Å²) in [5.74, 6) is 0.464. The lowest BCUT2D eigenvalue weighted by molar-refractivity contribution is 0.660. The van der Waals surface area contributed by atoms with Gasteiger partial charge in [-0.3, -0.25) is 14.3 Å². The van der Waals surface area contributed by atoms with Crippen molar-refractivity contribution in [1.29, 1.82) is 0 Å². The van der Waals surface area contributed by atoms with Gasteiger partial charge in [0.15, 0.2) is 0 Å². The number of rotatable bonds is 3. The predicted molar refractivity (Wildman–Crippen MR) is 83.6 cm³/mol. The summed E-state index contributed by atoms with van der Waals surface area (Å²) in [6.07, 6.45) is 6.10. The summed E-state index contributed by atoms with van der Waals surface area (Å²) in [6, 6.07) is 0. The van der Waals surface area contributed by atoms with E-state index in [-0.39, 0.29) is 11.5 Å². The zero-order valence-electron chi connectivity index (χ0n) is 12.5. The highest BCUT2D eigenvalue weighted by molar-refractivity contribution is 5.62. The molecule has 0 spiro atoms. The van der Waals surface area contributed by atoms with Crippen LogP contribution < -0.4 is 17.0 Å². The van der Waals surface area contributed by atoms with E-state index < -0.39 is 5.69 Å². The topological polar surface area (TPSA) is 93.2 Å². The largest absolute Gasteiger partial charge is 0.384 e. The van der Waals surface area contributed by atoms with E-state index in [0.717, 1.165) is 5.57 Å². The Morgan fingerprint density at radius 3 is 2.81 bits per heavy atom. The normalized spacial score (nSPS) is 14.9. The van der Waals surface area contributed by atoms with Crippen molar-refractivity contribution >= 4 is 6.21 Å². The Hall–Kier alpha value is -2.37. The molecular weight excluding hydrogens is 268 g/mol. The van der Waals surface area contributed by atoms with Crippen molar-refractivity contribution in [3.8, 4) is 0 Å². The van der Waals surface area contributed by atoms with Crippen LogP contribution in [-0.2, 0) is 6.54 Å². The third-order valence-corrected chi connectivity index (χ3v) is 3.48. The zero-order valence-corrected chi connectivity index (χ0v) is 12.5. The van der Waals surface area contributed by atoms with Crippen LogP contribution in [0.15, 0.2) is 38.1 Å². The van der Waals surface area contributed by atoms with Crippen LogP contribution in [0.25, 0.3) is 0 Å². The van der Waals surface area contributed by atoms with E-state index in [1.165, 1.54) is 0 Å². The van der Waals surface area contributed by atoms with Gasteiger partial charge < -0.3 is 5.73 Å². The highest BCUT2D eigenvalue weighted by Gasteiger charge is 2.14. The molecule has 6 nitrogen and oxygen atoms in total. The zero-order chi connectivity index (χ0) is 15.6. The van der Waals surface area contributed by atoms with Gasteiger partial charge in [-0.15, -0.1) is 0 Å². The van der Waals surface area contributed by atoms with Crippen LogP contribution in [0.5, 0.6) is 0 Å². The summed E-state index contributed by atoms with van der Waals surface area (Å²) in [7, 11) is 0. The molecule has 2 heterocycles. The van der Waals surface area contributed by atoms with Gasteiger partial charge in [-0.05, 0) is 24.5 Å². The maximum atomic E-state index is 12.1. The number of nitrogens with two attached hydrogens (primary N) is 1. The van der Waals surface area contributed by atoms with Crippen LogP contribution in [0.1, 0.15) is 37.4 Å². The molecule has 0 amide bonds. The van der Waals surface area contributed by atoms with Crippen LogP contribution in [0.2, 0.25) is 0 Å². The summed E-state index contributed by atoms with van der Waals surface area (Å²) in [6.45, 7) is 6.03. The number of hydrogen-bond acceptors (Lipinski definition) is 4. The van der Waals surface area contributed by atoms with Crippen LogP contribution in [-0.4, -0.2) is 15.8 Å². The van der Waals surface area contributed by atoms with Crippen molar-refractivity contribution in [2.24, 2.45) is 10.7 Å². The molecule has 1 aromatic heterocycles. The van der Waals surface area contributed by atoms with Crippen molar-refractivity contribution in [2.45, 2.75) is 39.7 Å². The molecule has 3 N–H and O–H groups in total. The number of aromatic nitrogens is 2. The lowest BCUT2D eigenvalue weighted by Crippen LogP contribution is -2.35. The third kappa shape index (κ3) is 3.21.